The van der Waals surface area contributed by atoms with Crippen LogP contribution in [-0.4, -0.2) is 25.5 Å². The fourth-order valence-corrected chi connectivity index (χ4v) is 4.16. The summed E-state index contributed by atoms with van der Waals surface area (Å²) in [5.74, 6) is -0.187. The van der Waals surface area contributed by atoms with E-state index in [0.29, 0.717) is 17.8 Å². The van der Waals surface area contributed by atoms with Crippen LogP contribution in [0.4, 0.5) is 15.8 Å². The van der Waals surface area contributed by atoms with Crippen LogP contribution in [0.2, 0.25) is 0 Å². The second kappa shape index (κ2) is 3.87. The first-order valence-corrected chi connectivity index (χ1v) is 7.15. The average Bonchev–Trinajstić information content (AvgIpc) is 2.47. The highest BCUT2D eigenvalue weighted by Crippen LogP contribution is 2.30. The van der Waals surface area contributed by atoms with E-state index in [9.17, 15) is 12.8 Å². The molecule has 1 fully saturated rings. The van der Waals surface area contributed by atoms with Gasteiger partial charge in [0.2, 0.25) is 0 Å². The van der Waals surface area contributed by atoms with Crippen LogP contribution in [0.1, 0.15) is 13.3 Å². The molecule has 2 rings (SSSR count). The van der Waals surface area contributed by atoms with Crippen molar-refractivity contribution in [1.29, 1.82) is 0 Å². The summed E-state index contributed by atoms with van der Waals surface area (Å²) in [7, 11) is -2.99. The highest BCUT2D eigenvalue weighted by Gasteiger charge is 2.38. The van der Waals surface area contributed by atoms with E-state index < -0.39 is 21.2 Å². The van der Waals surface area contributed by atoms with E-state index in [1.165, 1.54) is 18.2 Å². The number of hydrogen-bond acceptors (Lipinski definition) is 4. The van der Waals surface area contributed by atoms with Crippen LogP contribution in [-0.2, 0) is 9.84 Å². The molecule has 0 aliphatic carbocycles. The van der Waals surface area contributed by atoms with Gasteiger partial charge in [-0.25, -0.2) is 12.8 Å². The molecule has 1 unspecified atom stereocenters. The van der Waals surface area contributed by atoms with E-state index in [2.05, 4.69) is 5.32 Å². The van der Waals surface area contributed by atoms with Gasteiger partial charge in [-0.15, -0.1) is 0 Å². The Morgan fingerprint density at radius 1 is 1.47 bits per heavy atom. The fourth-order valence-electron chi connectivity index (χ4n) is 2.07. The van der Waals surface area contributed by atoms with Crippen LogP contribution < -0.4 is 11.1 Å². The van der Waals surface area contributed by atoms with E-state index in [1.54, 1.807) is 0 Å². The molecule has 1 aliphatic heterocycles. The normalized spacial score (nSPS) is 26.9. The van der Waals surface area contributed by atoms with Crippen molar-refractivity contribution in [1.82, 2.24) is 0 Å². The van der Waals surface area contributed by atoms with Gasteiger partial charge in [-0.2, -0.15) is 0 Å². The summed E-state index contributed by atoms with van der Waals surface area (Å²) in [5, 5.41) is 3.04. The molecule has 1 aromatic rings. The van der Waals surface area contributed by atoms with E-state index >= 15 is 0 Å². The van der Waals surface area contributed by atoms with Crippen LogP contribution in [0.3, 0.4) is 0 Å². The molecule has 17 heavy (non-hydrogen) atoms. The molecule has 1 aromatic carbocycles. The first kappa shape index (κ1) is 12.2. The number of nitrogens with two attached hydrogens (primary N) is 1. The lowest BCUT2D eigenvalue weighted by molar-refractivity contribution is 0.573. The minimum Gasteiger partial charge on any atom is -0.397 e. The Balaban J connectivity index is 2.24. The van der Waals surface area contributed by atoms with E-state index in [1.807, 2.05) is 6.92 Å². The number of nitrogens with one attached hydrogen (secondary N) is 1. The molecule has 1 atom stereocenters. The van der Waals surface area contributed by atoms with Gasteiger partial charge >= 0.3 is 0 Å². The summed E-state index contributed by atoms with van der Waals surface area (Å²) in [6.45, 7) is 1.81. The van der Waals surface area contributed by atoms with Crippen molar-refractivity contribution >= 4 is 21.2 Å². The van der Waals surface area contributed by atoms with Crippen molar-refractivity contribution in [3.63, 3.8) is 0 Å². The number of halogens is 1. The fraction of sp³-hybridized carbons (Fsp3) is 0.455. The maximum atomic E-state index is 13.1. The minimum atomic E-state index is -2.99. The molecular formula is C11H15FN2O2S. The highest BCUT2D eigenvalue weighted by atomic mass is 32.2. The summed E-state index contributed by atoms with van der Waals surface area (Å²) >= 11 is 0. The zero-order valence-corrected chi connectivity index (χ0v) is 10.3. The lowest BCUT2D eigenvalue weighted by Gasteiger charge is -2.26. The molecule has 3 N–H and O–H groups in total. The summed E-state index contributed by atoms with van der Waals surface area (Å²) in [6.07, 6.45) is 0.505. The van der Waals surface area contributed by atoms with Crippen molar-refractivity contribution in [2.24, 2.45) is 0 Å². The Morgan fingerprint density at radius 2 is 2.18 bits per heavy atom. The Morgan fingerprint density at radius 3 is 2.76 bits per heavy atom. The summed E-state index contributed by atoms with van der Waals surface area (Å²) in [4.78, 5) is 0. The van der Waals surface area contributed by atoms with Crippen LogP contribution in [0.5, 0.6) is 0 Å². The molecule has 0 amide bonds. The largest absolute Gasteiger partial charge is 0.397 e. The van der Waals surface area contributed by atoms with Gasteiger partial charge in [-0.3, -0.25) is 0 Å². The first-order valence-electron chi connectivity index (χ1n) is 5.33. The third kappa shape index (κ3) is 2.69. The second-order valence-electron chi connectivity index (χ2n) is 4.76. The van der Waals surface area contributed by atoms with Gasteiger partial charge in [0.15, 0.2) is 9.84 Å². The topological polar surface area (TPSA) is 72.2 Å². The van der Waals surface area contributed by atoms with Crippen molar-refractivity contribution in [2.45, 2.75) is 18.9 Å². The van der Waals surface area contributed by atoms with Gasteiger partial charge in [-0.1, -0.05) is 0 Å². The third-order valence-corrected chi connectivity index (χ3v) is 4.86. The van der Waals surface area contributed by atoms with Gasteiger partial charge in [0.05, 0.1) is 22.9 Å². The molecule has 0 radical (unpaired) electrons. The van der Waals surface area contributed by atoms with Gasteiger partial charge in [0, 0.05) is 5.54 Å². The van der Waals surface area contributed by atoms with Crippen molar-refractivity contribution in [3.05, 3.63) is 24.0 Å². The lowest BCUT2D eigenvalue weighted by Crippen LogP contribution is -2.36. The van der Waals surface area contributed by atoms with Crippen LogP contribution in [0, 0.1) is 5.82 Å². The molecule has 1 aliphatic rings. The third-order valence-electron chi connectivity index (χ3n) is 2.96. The van der Waals surface area contributed by atoms with E-state index in [0.717, 1.165) is 0 Å². The zero-order valence-electron chi connectivity index (χ0n) is 9.53. The zero-order chi connectivity index (χ0) is 12.7. The molecular weight excluding hydrogens is 243 g/mol. The number of hydrogen-bond donors (Lipinski definition) is 2. The molecule has 0 bridgehead atoms. The number of sulfone groups is 1. The molecule has 1 heterocycles. The monoisotopic (exact) mass is 258 g/mol. The second-order valence-corrected chi connectivity index (χ2v) is 6.94. The van der Waals surface area contributed by atoms with Gasteiger partial charge in [0.1, 0.15) is 5.82 Å². The van der Waals surface area contributed by atoms with Gasteiger partial charge in [-0.05, 0) is 31.5 Å². The average molecular weight is 258 g/mol. The summed E-state index contributed by atoms with van der Waals surface area (Å²) in [6, 6.07) is 4.02. The maximum Gasteiger partial charge on any atom is 0.152 e. The molecule has 6 heteroatoms. The molecule has 1 saturated heterocycles. The first-order chi connectivity index (χ1) is 7.80. The van der Waals surface area contributed by atoms with Crippen LogP contribution in [0.25, 0.3) is 0 Å². The molecule has 4 nitrogen and oxygen atoms in total. The quantitative estimate of drug-likeness (QED) is 0.786. The number of rotatable bonds is 2. The van der Waals surface area contributed by atoms with Gasteiger partial charge in [0.25, 0.3) is 0 Å². The minimum absolute atomic E-state index is 0.0515. The van der Waals surface area contributed by atoms with E-state index in [-0.39, 0.29) is 11.5 Å². The predicted octanol–water partition coefficient (Wildman–Crippen LogP) is 1.40. The molecule has 94 valence electrons. The Labute approximate surface area is 99.9 Å². The Bertz CT molecular complexity index is 544. The molecule has 0 aromatic heterocycles. The Kier molecular flexibility index (Phi) is 2.77. The number of anilines is 2. The van der Waals surface area contributed by atoms with Crippen LogP contribution >= 0.6 is 0 Å². The standard InChI is InChI=1S/C11H15FN2O2S/c1-11(4-5-17(15,16)7-11)14-10-6-8(12)2-3-9(10)13/h2-3,6,14H,4-5,7,13H2,1H3. The van der Waals surface area contributed by atoms with Crippen molar-refractivity contribution < 1.29 is 12.8 Å². The number of nitrogen functional groups attached to an aromatic ring is 1. The predicted molar refractivity (Wildman–Crippen MR) is 66.1 cm³/mol. The SMILES string of the molecule is CC1(Nc2cc(F)ccc2N)CCS(=O)(=O)C1. The molecule has 0 saturated carbocycles. The van der Waals surface area contributed by atoms with Crippen LogP contribution in [0.15, 0.2) is 18.2 Å². The van der Waals surface area contributed by atoms with Crippen molar-refractivity contribution in [3.8, 4) is 0 Å². The maximum absolute atomic E-state index is 13.1. The van der Waals surface area contributed by atoms with Gasteiger partial charge < -0.3 is 11.1 Å². The van der Waals surface area contributed by atoms with Crippen molar-refractivity contribution in [2.75, 3.05) is 22.6 Å². The summed E-state index contributed by atoms with van der Waals surface area (Å²) < 4.78 is 36.0. The number of benzene rings is 1. The highest BCUT2D eigenvalue weighted by molar-refractivity contribution is 7.91. The lowest BCUT2D eigenvalue weighted by atomic mass is 10.0. The Hall–Kier alpha value is -1.30. The van der Waals surface area contributed by atoms with E-state index in [4.69, 9.17) is 5.73 Å². The smallest absolute Gasteiger partial charge is 0.152 e. The summed E-state index contributed by atoms with van der Waals surface area (Å²) in [5.41, 5.74) is 6.01. The molecule has 0 spiro atoms.